The Kier molecular flexibility index (Phi) is 2.01. The summed E-state index contributed by atoms with van der Waals surface area (Å²) < 4.78 is 16.8. The lowest BCUT2D eigenvalue weighted by molar-refractivity contribution is 0.0601. The Morgan fingerprint density at radius 1 is 1.80 bits per heavy atom. The van der Waals surface area contributed by atoms with Gasteiger partial charge in [-0.05, 0) is 11.4 Å². The van der Waals surface area contributed by atoms with Gasteiger partial charge in [-0.2, -0.15) is 0 Å². The highest BCUT2D eigenvalue weighted by Gasteiger charge is 2.12. The minimum Gasteiger partial charge on any atom is -0.465 e. The normalized spacial score (nSPS) is 9.40. The lowest BCUT2D eigenvalue weighted by Gasteiger charge is -1.92. The molecular weight excluding hydrogens is 154 g/mol. The molecule has 0 atom stereocenters. The second-order valence-corrected chi connectivity index (χ2v) is 2.51. The van der Waals surface area contributed by atoms with Gasteiger partial charge < -0.3 is 4.74 Å². The summed E-state index contributed by atoms with van der Waals surface area (Å²) in [6, 6.07) is 1.23. The van der Waals surface area contributed by atoms with Crippen LogP contribution < -0.4 is 0 Å². The van der Waals surface area contributed by atoms with E-state index in [1.807, 2.05) is 0 Å². The van der Waals surface area contributed by atoms with E-state index in [4.69, 9.17) is 0 Å². The third-order valence-electron chi connectivity index (χ3n) is 0.988. The van der Waals surface area contributed by atoms with Gasteiger partial charge in [-0.15, -0.1) is 11.3 Å². The molecule has 0 amide bonds. The van der Waals surface area contributed by atoms with Gasteiger partial charge in [-0.1, -0.05) is 0 Å². The largest absolute Gasteiger partial charge is 0.465 e. The van der Waals surface area contributed by atoms with Crippen LogP contribution in [0.25, 0.3) is 0 Å². The first-order chi connectivity index (χ1) is 4.75. The van der Waals surface area contributed by atoms with Crippen molar-refractivity contribution in [1.29, 1.82) is 0 Å². The van der Waals surface area contributed by atoms with E-state index in [1.165, 1.54) is 18.6 Å². The van der Waals surface area contributed by atoms with E-state index in [1.54, 1.807) is 0 Å². The van der Waals surface area contributed by atoms with E-state index in [2.05, 4.69) is 4.74 Å². The van der Waals surface area contributed by atoms with E-state index < -0.39 is 11.8 Å². The number of methoxy groups -OCH3 is 1. The van der Waals surface area contributed by atoms with Crippen molar-refractivity contribution in [3.63, 3.8) is 0 Å². The van der Waals surface area contributed by atoms with Gasteiger partial charge in [0.05, 0.1) is 7.11 Å². The van der Waals surface area contributed by atoms with Crippen molar-refractivity contribution < 1.29 is 13.9 Å². The summed E-state index contributed by atoms with van der Waals surface area (Å²) in [6.45, 7) is 0. The lowest BCUT2D eigenvalue weighted by Crippen LogP contribution is -1.99. The first-order valence-electron chi connectivity index (χ1n) is 2.57. The zero-order chi connectivity index (χ0) is 7.56. The number of halogens is 1. The molecule has 1 rings (SSSR count). The molecule has 4 heteroatoms. The first-order valence-corrected chi connectivity index (χ1v) is 3.45. The van der Waals surface area contributed by atoms with Crippen LogP contribution in [-0.2, 0) is 4.74 Å². The predicted octanol–water partition coefficient (Wildman–Crippen LogP) is 1.67. The fourth-order valence-corrected chi connectivity index (χ4v) is 1.22. The Labute approximate surface area is 61.2 Å². The van der Waals surface area contributed by atoms with Crippen LogP contribution >= 0.6 is 11.3 Å². The van der Waals surface area contributed by atoms with Crippen LogP contribution in [0.1, 0.15) is 9.67 Å². The molecule has 0 aliphatic rings. The topological polar surface area (TPSA) is 26.3 Å². The summed E-state index contributed by atoms with van der Waals surface area (Å²) in [5.74, 6) is -1.13. The summed E-state index contributed by atoms with van der Waals surface area (Å²) >= 11 is 1.03. The number of esters is 1. The molecular formula is C6H5FO2S. The minimum absolute atomic E-state index is 0.0301. The zero-order valence-corrected chi connectivity index (χ0v) is 6.07. The number of carbonyl (C=O) groups is 1. The molecule has 0 aliphatic heterocycles. The van der Waals surface area contributed by atoms with E-state index in [0.29, 0.717) is 0 Å². The van der Waals surface area contributed by atoms with Gasteiger partial charge >= 0.3 is 5.97 Å². The van der Waals surface area contributed by atoms with Crippen LogP contribution in [0, 0.1) is 5.82 Å². The van der Waals surface area contributed by atoms with Gasteiger partial charge in [0.1, 0.15) is 10.7 Å². The summed E-state index contributed by atoms with van der Waals surface area (Å²) in [7, 11) is 1.22. The molecule has 0 aromatic carbocycles. The van der Waals surface area contributed by atoms with Crippen LogP contribution in [0.4, 0.5) is 4.39 Å². The SMILES string of the molecule is COC(=O)c1sccc1[18F]. The number of carbonyl (C=O) groups excluding carboxylic acids is 1. The van der Waals surface area contributed by atoms with Crippen LogP contribution in [0.5, 0.6) is 0 Å². The number of rotatable bonds is 1. The number of hydrogen-bond donors (Lipinski definition) is 0. The molecule has 0 fully saturated rings. The predicted molar refractivity (Wildman–Crippen MR) is 35.6 cm³/mol. The highest BCUT2D eigenvalue weighted by Crippen LogP contribution is 2.14. The van der Waals surface area contributed by atoms with Crippen LogP contribution in [0.3, 0.4) is 0 Å². The third kappa shape index (κ3) is 1.16. The third-order valence-corrected chi connectivity index (χ3v) is 1.86. The Hall–Kier alpha value is -0.900. The molecule has 1 aromatic heterocycles. The molecule has 1 aromatic rings. The molecule has 0 saturated heterocycles. The van der Waals surface area contributed by atoms with Crippen LogP contribution in [-0.4, -0.2) is 13.1 Å². The number of ether oxygens (including phenoxy) is 1. The Morgan fingerprint density at radius 3 is 2.90 bits per heavy atom. The van der Waals surface area contributed by atoms with E-state index >= 15 is 0 Å². The van der Waals surface area contributed by atoms with Gasteiger partial charge in [-0.3, -0.25) is 0 Å². The van der Waals surface area contributed by atoms with Crippen molar-refractivity contribution in [1.82, 2.24) is 0 Å². The fraction of sp³-hybridized carbons (Fsp3) is 0.167. The van der Waals surface area contributed by atoms with Crippen LogP contribution in [0.2, 0.25) is 0 Å². The second kappa shape index (κ2) is 2.79. The molecule has 0 bridgehead atoms. The fourth-order valence-electron chi connectivity index (χ4n) is 0.532. The first kappa shape index (κ1) is 7.21. The van der Waals surface area contributed by atoms with Crippen molar-refractivity contribution in [2.45, 2.75) is 0 Å². The standard InChI is InChI=1S/C6H5FO2S/c1-9-6(8)5-4(7)2-3-10-5/h2-3H,1H3/i7-1. The summed E-state index contributed by atoms with van der Waals surface area (Å²) in [6.07, 6.45) is 0. The molecule has 0 radical (unpaired) electrons. The van der Waals surface area contributed by atoms with Crippen molar-refractivity contribution in [2.75, 3.05) is 7.11 Å². The zero-order valence-electron chi connectivity index (χ0n) is 5.26. The average molecular weight is 159 g/mol. The quantitative estimate of drug-likeness (QED) is 0.582. The minimum atomic E-state index is -0.618. The molecule has 54 valence electrons. The molecule has 10 heavy (non-hydrogen) atoms. The second-order valence-electron chi connectivity index (χ2n) is 1.59. The maximum absolute atomic E-state index is 12.5. The number of thiophene rings is 1. The maximum atomic E-state index is 12.5. The highest BCUT2D eigenvalue weighted by atomic mass is 32.1. The maximum Gasteiger partial charge on any atom is 0.351 e. The lowest BCUT2D eigenvalue weighted by atomic mass is 10.4. The summed E-state index contributed by atoms with van der Waals surface area (Å²) in [5.41, 5.74) is 0. The van der Waals surface area contributed by atoms with E-state index in [0.717, 1.165) is 11.3 Å². The van der Waals surface area contributed by atoms with Gasteiger partial charge in [0, 0.05) is 0 Å². The Morgan fingerprint density at radius 2 is 2.50 bits per heavy atom. The van der Waals surface area contributed by atoms with Gasteiger partial charge in [0.25, 0.3) is 0 Å². The molecule has 0 saturated carbocycles. The Bertz CT molecular complexity index is 244. The van der Waals surface area contributed by atoms with Crippen molar-refractivity contribution in [3.05, 3.63) is 22.1 Å². The summed E-state index contributed by atoms with van der Waals surface area (Å²) in [4.78, 5) is 10.7. The smallest absolute Gasteiger partial charge is 0.351 e. The van der Waals surface area contributed by atoms with Crippen LogP contribution in [0.15, 0.2) is 11.4 Å². The van der Waals surface area contributed by atoms with E-state index in [-0.39, 0.29) is 4.88 Å². The summed E-state index contributed by atoms with van der Waals surface area (Å²) in [5, 5.41) is 1.50. The molecule has 1 heterocycles. The number of hydrogen-bond acceptors (Lipinski definition) is 3. The van der Waals surface area contributed by atoms with E-state index in [9.17, 15) is 9.18 Å². The average Bonchev–Trinajstić information content (AvgIpc) is 2.34. The molecule has 0 spiro atoms. The van der Waals surface area contributed by atoms with Crippen molar-refractivity contribution in [2.24, 2.45) is 0 Å². The monoisotopic (exact) mass is 159 g/mol. The van der Waals surface area contributed by atoms with Gasteiger partial charge in [0.2, 0.25) is 0 Å². The van der Waals surface area contributed by atoms with Gasteiger partial charge in [0.15, 0.2) is 0 Å². The highest BCUT2D eigenvalue weighted by molar-refractivity contribution is 7.12. The van der Waals surface area contributed by atoms with Gasteiger partial charge in [-0.25, -0.2) is 9.18 Å². The Balaban J connectivity index is 2.93. The molecule has 2 nitrogen and oxygen atoms in total. The molecule has 0 unspecified atom stereocenters. The van der Waals surface area contributed by atoms with Crippen molar-refractivity contribution in [3.8, 4) is 0 Å². The van der Waals surface area contributed by atoms with Crippen molar-refractivity contribution >= 4 is 17.3 Å². The molecule has 0 N–H and O–H groups in total. The molecule has 0 aliphatic carbocycles.